The van der Waals surface area contributed by atoms with Crippen molar-refractivity contribution in [3.63, 3.8) is 0 Å². The van der Waals surface area contributed by atoms with Crippen LogP contribution < -0.4 is 10.6 Å². The van der Waals surface area contributed by atoms with Gasteiger partial charge in [0.1, 0.15) is 12.2 Å². The minimum atomic E-state index is -0.309. The van der Waals surface area contributed by atoms with Gasteiger partial charge in [0, 0.05) is 23.8 Å². The summed E-state index contributed by atoms with van der Waals surface area (Å²) in [7, 11) is 0. The zero-order chi connectivity index (χ0) is 20.9. The Morgan fingerprint density at radius 3 is 2.93 bits per heavy atom. The lowest BCUT2D eigenvalue weighted by molar-refractivity contribution is -0.126. The molecule has 1 aliphatic rings. The number of aromatic nitrogens is 3. The van der Waals surface area contributed by atoms with Crippen molar-refractivity contribution in [3.8, 4) is 6.07 Å². The molecular weight excluding hydrogens is 380 g/mol. The molecule has 4 rings (SSSR count). The molecular formula is C22H24N6O2. The summed E-state index contributed by atoms with van der Waals surface area (Å²) in [5.41, 5.74) is 2.42. The molecule has 0 radical (unpaired) electrons. The Hall–Kier alpha value is -3.60. The average molecular weight is 404 g/mol. The number of fused-ring (bicyclic) bond motifs is 1. The lowest BCUT2D eigenvalue weighted by Gasteiger charge is -2.30. The van der Waals surface area contributed by atoms with Gasteiger partial charge in [-0.1, -0.05) is 31.0 Å². The Balaban J connectivity index is 1.51. The van der Waals surface area contributed by atoms with E-state index in [4.69, 9.17) is 5.26 Å². The van der Waals surface area contributed by atoms with Crippen LogP contribution >= 0.6 is 0 Å². The first kappa shape index (κ1) is 19.7. The Bertz CT molecular complexity index is 1080. The van der Waals surface area contributed by atoms with Crippen LogP contribution in [0.25, 0.3) is 10.9 Å². The van der Waals surface area contributed by atoms with Gasteiger partial charge in [-0.15, -0.1) is 0 Å². The van der Waals surface area contributed by atoms with Crippen LogP contribution in [0.4, 0.5) is 0 Å². The van der Waals surface area contributed by atoms with Crippen molar-refractivity contribution in [2.45, 2.75) is 38.3 Å². The van der Waals surface area contributed by atoms with Crippen LogP contribution in [-0.2, 0) is 11.3 Å². The number of hydrogen-bond donors (Lipinski definition) is 3. The number of hydrogen-bond acceptors (Lipinski definition) is 4. The molecule has 154 valence electrons. The Kier molecular flexibility index (Phi) is 5.80. The lowest BCUT2D eigenvalue weighted by Crippen LogP contribution is -2.48. The van der Waals surface area contributed by atoms with Crippen molar-refractivity contribution < 1.29 is 9.59 Å². The summed E-state index contributed by atoms with van der Waals surface area (Å²) >= 11 is 0. The summed E-state index contributed by atoms with van der Waals surface area (Å²) in [5.74, 6) is -0.697. The van der Waals surface area contributed by atoms with E-state index in [9.17, 15) is 9.59 Å². The summed E-state index contributed by atoms with van der Waals surface area (Å²) in [5, 5.41) is 19.6. The predicted octanol–water partition coefficient (Wildman–Crippen LogP) is 2.34. The molecule has 0 aliphatic heterocycles. The third-order valence-corrected chi connectivity index (χ3v) is 5.64. The van der Waals surface area contributed by atoms with E-state index in [0.717, 1.165) is 35.7 Å². The first-order valence-electron chi connectivity index (χ1n) is 10.2. The van der Waals surface area contributed by atoms with Crippen molar-refractivity contribution in [3.05, 3.63) is 54.0 Å². The third-order valence-electron chi connectivity index (χ3n) is 5.64. The van der Waals surface area contributed by atoms with E-state index in [1.807, 2.05) is 47.3 Å². The summed E-state index contributed by atoms with van der Waals surface area (Å²) < 4.78 is 1.84. The highest BCUT2D eigenvalue weighted by Gasteiger charge is 2.32. The fourth-order valence-corrected chi connectivity index (χ4v) is 4.16. The fraction of sp³-hybridized carbons (Fsp3) is 0.364. The summed E-state index contributed by atoms with van der Waals surface area (Å²) in [6.45, 7) is 0.590. The molecule has 1 saturated carbocycles. The van der Waals surface area contributed by atoms with Crippen LogP contribution in [0.3, 0.4) is 0 Å². The number of amides is 2. The van der Waals surface area contributed by atoms with Gasteiger partial charge in [0.2, 0.25) is 5.91 Å². The monoisotopic (exact) mass is 404 g/mol. The van der Waals surface area contributed by atoms with Crippen molar-refractivity contribution in [1.29, 1.82) is 5.26 Å². The number of carbonyl (C=O) groups is 2. The molecule has 0 unspecified atom stereocenters. The van der Waals surface area contributed by atoms with Crippen LogP contribution in [0.1, 0.15) is 41.7 Å². The van der Waals surface area contributed by atoms with Gasteiger partial charge in [0.15, 0.2) is 0 Å². The molecule has 3 aromatic rings. The van der Waals surface area contributed by atoms with Crippen LogP contribution in [0.5, 0.6) is 0 Å². The summed E-state index contributed by atoms with van der Waals surface area (Å²) in [4.78, 5) is 28.6. The van der Waals surface area contributed by atoms with Crippen LogP contribution in [0.15, 0.2) is 42.7 Å². The van der Waals surface area contributed by atoms with E-state index < -0.39 is 0 Å². The molecule has 0 bridgehead atoms. The summed E-state index contributed by atoms with van der Waals surface area (Å²) in [6, 6.07) is 11.3. The van der Waals surface area contributed by atoms with Gasteiger partial charge in [-0.05, 0) is 30.5 Å². The van der Waals surface area contributed by atoms with E-state index in [-0.39, 0.29) is 30.3 Å². The number of aromatic amines is 1. The smallest absolute Gasteiger partial charge is 0.267 e. The molecule has 0 saturated heterocycles. The van der Waals surface area contributed by atoms with Gasteiger partial charge in [-0.3, -0.25) is 14.3 Å². The van der Waals surface area contributed by atoms with Crippen molar-refractivity contribution in [2.75, 3.05) is 6.54 Å². The number of para-hydroxylation sites is 1. The molecule has 8 heteroatoms. The van der Waals surface area contributed by atoms with Crippen LogP contribution in [0.2, 0.25) is 0 Å². The number of nitrogens with zero attached hydrogens (tertiary/aromatic N) is 3. The average Bonchev–Trinajstić information content (AvgIpc) is 3.42. The maximum atomic E-state index is 12.9. The zero-order valence-corrected chi connectivity index (χ0v) is 16.6. The largest absolute Gasteiger partial charge is 0.350 e. The quantitative estimate of drug-likeness (QED) is 0.547. The van der Waals surface area contributed by atoms with Crippen LogP contribution in [0, 0.1) is 17.2 Å². The Morgan fingerprint density at radius 2 is 2.13 bits per heavy atom. The van der Waals surface area contributed by atoms with Gasteiger partial charge in [-0.2, -0.15) is 10.4 Å². The molecule has 8 nitrogen and oxygen atoms in total. The summed E-state index contributed by atoms with van der Waals surface area (Å²) in [6.07, 6.45) is 7.01. The molecule has 2 aromatic heterocycles. The van der Waals surface area contributed by atoms with Gasteiger partial charge in [-0.25, -0.2) is 0 Å². The highest BCUT2D eigenvalue weighted by Crippen LogP contribution is 2.26. The van der Waals surface area contributed by atoms with E-state index in [1.165, 1.54) is 0 Å². The predicted molar refractivity (Wildman–Crippen MR) is 111 cm³/mol. The molecule has 0 spiro atoms. The molecule has 1 aromatic carbocycles. The number of nitrogens with one attached hydrogen (secondary N) is 3. The minimum Gasteiger partial charge on any atom is -0.350 e. The van der Waals surface area contributed by atoms with Gasteiger partial charge < -0.3 is 15.6 Å². The maximum Gasteiger partial charge on any atom is 0.267 e. The molecule has 1 aliphatic carbocycles. The van der Waals surface area contributed by atoms with Crippen molar-refractivity contribution in [2.24, 2.45) is 5.92 Å². The third kappa shape index (κ3) is 4.20. The number of H-pyrrole nitrogens is 1. The Morgan fingerprint density at radius 1 is 1.27 bits per heavy atom. The van der Waals surface area contributed by atoms with Crippen molar-refractivity contribution in [1.82, 2.24) is 25.4 Å². The topological polar surface area (TPSA) is 116 Å². The number of rotatable bonds is 6. The zero-order valence-electron chi connectivity index (χ0n) is 16.6. The second-order valence-electron chi connectivity index (χ2n) is 7.61. The van der Waals surface area contributed by atoms with Gasteiger partial charge in [0.05, 0.1) is 24.0 Å². The number of carbonyl (C=O) groups excluding carboxylic acids is 2. The standard InChI is InChI=1S/C22H24N6O2/c23-9-11-24-21(29)17-7-1-2-8-18(17)27-22(30)19-13-15-5-3-6-16(20(15)26-19)14-28-12-4-10-25-28/h3-6,10,12-13,17-18,26H,1-2,7-8,11,14H2,(H,24,29)(H,27,30)/t17-,18+/m1/s1. The van der Waals surface area contributed by atoms with Gasteiger partial charge in [0.25, 0.3) is 5.91 Å². The minimum absolute atomic E-state index is 0.0168. The van der Waals surface area contributed by atoms with E-state index >= 15 is 0 Å². The first-order valence-corrected chi connectivity index (χ1v) is 10.2. The lowest BCUT2D eigenvalue weighted by atomic mass is 9.83. The number of nitriles is 1. The Labute approximate surface area is 174 Å². The van der Waals surface area contributed by atoms with Gasteiger partial charge >= 0.3 is 0 Å². The molecule has 3 N–H and O–H groups in total. The van der Waals surface area contributed by atoms with E-state index in [1.54, 1.807) is 6.20 Å². The molecule has 2 amide bonds. The first-order chi connectivity index (χ1) is 14.7. The molecule has 2 heterocycles. The fourth-order valence-electron chi connectivity index (χ4n) is 4.16. The molecule has 30 heavy (non-hydrogen) atoms. The van der Waals surface area contributed by atoms with Crippen LogP contribution in [-0.4, -0.2) is 39.2 Å². The molecule has 2 atom stereocenters. The number of benzene rings is 1. The van der Waals surface area contributed by atoms with E-state index in [0.29, 0.717) is 18.7 Å². The van der Waals surface area contributed by atoms with E-state index in [2.05, 4.69) is 20.7 Å². The normalized spacial score (nSPS) is 18.6. The highest BCUT2D eigenvalue weighted by molar-refractivity contribution is 5.99. The molecule has 1 fully saturated rings. The maximum absolute atomic E-state index is 12.9. The highest BCUT2D eigenvalue weighted by atomic mass is 16.2. The second kappa shape index (κ2) is 8.82. The van der Waals surface area contributed by atoms with Crippen molar-refractivity contribution >= 4 is 22.7 Å². The second-order valence-corrected chi connectivity index (χ2v) is 7.61. The SMILES string of the molecule is N#CCNC(=O)[C@@H]1CCCC[C@@H]1NC(=O)c1cc2cccc(Cn3cccn3)c2[nH]1.